The molecule has 3 amide bonds. The van der Waals surface area contributed by atoms with Crippen molar-refractivity contribution in [1.82, 2.24) is 10.3 Å². The van der Waals surface area contributed by atoms with Crippen LogP contribution in [0, 0.1) is 4.91 Å². The lowest BCUT2D eigenvalue weighted by atomic mass is 10.4. The molecule has 0 spiro atoms. The van der Waals surface area contributed by atoms with Gasteiger partial charge in [0.25, 0.3) is 0 Å². The molecule has 0 saturated heterocycles. The minimum atomic E-state index is -0.693. The van der Waals surface area contributed by atoms with Crippen LogP contribution in [0.25, 0.3) is 0 Å². The number of carbonyl (C=O) groups excluding carboxylic acids is 2. The van der Waals surface area contributed by atoms with Crippen LogP contribution in [-0.4, -0.2) is 35.9 Å². The maximum Gasteiger partial charge on any atom is 0.340 e. The molecule has 0 fully saturated rings. The van der Waals surface area contributed by atoms with Crippen molar-refractivity contribution in [2.75, 3.05) is 19.0 Å². The summed E-state index contributed by atoms with van der Waals surface area (Å²) in [4.78, 5) is 31.5. The van der Waals surface area contributed by atoms with Crippen LogP contribution < -0.4 is 11.1 Å². The summed E-state index contributed by atoms with van der Waals surface area (Å²) >= 11 is 5.31. The fourth-order valence-corrected chi connectivity index (χ4v) is 0.804. The number of alkyl halides is 1. The molecule has 0 aliphatic carbocycles. The van der Waals surface area contributed by atoms with E-state index < -0.39 is 11.9 Å². The van der Waals surface area contributed by atoms with Crippen molar-refractivity contribution in [3.05, 3.63) is 4.91 Å². The number of hydrogen-bond donors (Lipinski definition) is 2. The zero-order chi connectivity index (χ0) is 11.0. The molecule has 0 radical (unpaired) electrons. The summed E-state index contributed by atoms with van der Waals surface area (Å²) in [6, 6.07) is -0.693. The standard InChI is InChI=1S/C6H11ClN4O3/c7-2-4-11(10-14)6(13)9-3-1-5(8)12/h1-4H2,(H2,8,12)(H,9,13). The third-order valence-corrected chi connectivity index (χ3v) is 1.45. The molecule has 14 heavy (non-hydrogen) atoms. The molecule has 8 heteroatoms. The Morgan fingerprint density at radius 3 is 2.57 bits per heavy atom. The third kappa shape index (κ3) is 5.31. The molecular formula is C6H11ClN4O3. The smallest absolute Gasteiger partial charge is 0.340 e. The van der Waals surface area contributed by atoms with E-state index in [4.69, 9.17) is 17.3 Å². The SMILES string of the molecule is NC(=O)CCNC(=O)N(CCCl)N=O. The van der Waals surface area contributed by atoms with Crippen molar-refractivity contribution in [3.63, 3.8) is 0 Å². The molecule has 0 aliphatic heterocycles. The number of amides is 3. The first-order valence-electron chi connectivity index (χ1n) is 3.84. The Hall–Kier alpha value is -1.37. The number of nitrogens with zero attached hydrogens (tertiary/aromatic N) is 2. The molecule has 0 aromatic heterocycles. The van der Waals surface area contributed by atoms with Gasteiger partial charge in [-0.2, -0.15) is 5.01 Å². The van der Waals surface area contributed by atoms with Crippen molar-refractivity contribution in [2.24, 2.45) is 11.0 Å². The zero-order valence-electron chi connectivity index (χ0n) is 7.40. The Morgan fingerprint density at radius 1 is 1.50 bits per heavy atom. The second kappa shape index (κ2) is 7.07. The van der Waals surface area contributed by atoms with E-state index in [0.29, 0.717) is 5.01 Å². The van der Waals surface area contributed by atoms with Crippen LogP contribution in [0.5, 0.6) is 0 Å². The second-order valence-electron chi connectivity index (χ2n) is 2.34. The van der Waals surface area contributed by atoms with Gasteiger partial charge in [-0.15, -0.1) is 16.5 Å². The lowest BCUT2D eigenvalue weighted by Gasteiger charge is -2.11. The fourth-order valence-electron chi connectivity index (χ4n) is 0.643. The number of halogens is 1. The van der Waals surface area contributed by atoms with E-state index >= 15 is 0 Å². The van der Waals surface area contributed by atoms with Crippen LogP contribution in [0.15, 0.2) is 5.29 Å². The predicted octanol–water partition coefficient (Wildman–Crippen LogP) is -0.206. The maximum atomic E-state index is 11.1. The maximum absolute atomic E-state index is 11.1. The molecule has 0 heterocycles. The normalized spacial score (nSPS) is 9.21. The Morgan fingerprint density at radius 2 is 2.14 bits per heavy atom. The Kier molecular flexibility index (Phi) is 6.38. The van der Waals surface area contributed by atoms with E-state index in [-0.39, 0.29) is 25.4 Å². The van der Waals surface area contributed by atoms with Gasteiger partial charge < -0.3 is 11.1 Å². The molecule has 0 atom stereocenters. The van der Waals surface area contributed by atoms with Gasteiger partial charge in [-0.05, 0) is 0 Å². The van der Waals surface area contributed by atoms with Gasteiger partial charge in [-0.3, -0.25) is 4.79 Å². The number of carbonyl (C=O) groups is 2. The molecule has 0 bridgehead atoms. The van der Waals surface area contributed by atoms with Crippen LogP contribution >= 0.6 is 11.6 Å². The van der Waals surface area contributed by atoms with Crippen molar-refractivity contribution in [2.45, 2.75) is 6.42 Å². The molecule has 0 aromatic carbocycles. The zero-order valence-corrected chi connectivity index (χ0v) is 8.16. The highest BCUT2D eigenvalue weighted by Crippen LogP contribution is 1.91. The van der Waals surface area contributed by atoms with Gasteiger partial charge >= 0.3 is 6.03 Å². The van der Waals surface area contributed by atoms with Crippen LogP contribution in [0.3, 0.4) is 0 Å². The first kappa shape index (κ1) is 12.6. The number of rotatable bonds is 6. The second-order valence-corrected chi connectivity index (χ2v) is 2.72. The molecule has 7 nitrogen and oxygen atoms in total. The van der Waals surface area contributed by atoms with E-state index in [1.54, 1.807) is 0 Å². The minimum absolute atomic E-state index is 0.0132. The monoisotopic (exact) mass is 222 g/mol. The van der Waals surface area contributed by atoms with E-state index in [9.17, 15) is 14.5 Å². The fraction of sp³-hybridized carbons (Fsp3) is 0.667. The summed E-state index contributed by atoms with van der Waals surface area (Å²) in [5.74, 6) is -0.428. The van der Waals surface area contributed by atoms with Crippen LogP contribution in [0.4, 0.5) is 4.79 Å². The van der Waals surface area contributed by atoms with E-state index in [1.807, 2.05) is 0 Å². The van der Waals surface area contributed by atoms with Gasteiger partial charge in [0.1, 0.15) is 0 Å². The molecule has 3 N–H and O–H groups in total. The summed E-state index contributed by atoms with van der Waals surface area (Å²) in [5.41, 5.74) is 4.84. The average Bonchev–Trinajstić information content (AvgIpc) is 2.13. The number of urea groups is 1. The predicted molar refractivity (Wildman–Crippen MR) is 50.4 cm³/mol. The van der Waals surface area contributed by atoms with Crippen molar-refractivity contribution < 1.29 is 9.59 Å². The number of nitroso groups, excluding NO2 is 1. The minimum Gasteiger partial charge on any atom is -0.370 e. The first-order chi connectivity index (χ1) is 6.61. The van der Waals surface area contributed by atoms with E-state index in [1.165, 1.54) is 0 Å². The number of hydrogen-bond acceptors (Lipinski definition) is 4. The Bertz CT molecular complexity index is 223. The summed E-state index contributed by atoms with van der Waals surface area (Å²) in [6.45, 7) is 0.0932. The van der Waals surface area contributed by atoms with E-state index in [2.05, 4.69) is 10.6 Å². The lowest BCUT2D eigenvalue weighted by molar-refractivity contribution is -0.117. The molecular weight excluding hydrogens is 212 g/mol. The molecule has 0 saturated carbocycles. The van der Waals surface area contributed by atoms with Gasteiger partial charge in [0.05, 0.1) is 11.8 Å². The highest BCUT2D eigenvalue weighted by Gasteiger charge is 2.12. The van der Waals surface area contributed by atoms with Gasteiger partial charge in [0, 0.05) is 18.8 Å². The van der Waals surface area contributed by atoms with Crippen molar-refractivity contribution >= 4 is 23.5 Å². The first-order valence-corrected chi connectivity index (χ1v) is 4.38. The van der Waals surface area contributed by atoms with Gasteiger partial charge in [0.15, 0.2) is 0 Å². The summed E-state index contributed by atoms with van der Waals surface area (Å²) < 4.78 is 0. The van der Waals surface area contributed by atoms with Gasteiger partial charge in [-0.25, -0.2) is 4.79 Å². The highest BCUT2D eigenvalue weighted by molar-refractivity contribution is 6.18. The molecule has 0 aromatic rings. The quantitative estimate of drug-likeness (QED) is 0.369. The molecule has 80 valence electrons. The third-order valence-electron chi connectivity index (χ3n) is 1.28. The van der Waals surface area contributed by atoms with Crippen LogP contribution in [0.1, 0.15) is 6.42 Å². The average molecular weight is 223 g/mol. The van der Waals surface area contributed by atoms with Crippen molar-refractivity contribution in [1.29, 1.82) is 0 Å². The Balaban J connectivity index is 3.80. The van der Waals surface area contributed by atoms with Crippen LogP contribution in [-0.2, 0) is 4.79 Å². The Labute approximate surface area is 85.5 Å². The van der Waals surface area contributed by atoms with Crippen LogP contribution in [0.2, 0.25) is 0 Å². The summed E-state index contributed by atoms with van der Waals surface area (Å²) in [7, 11) is 0. The number of primary amides is 1. The molecule has 0 rings (SSSR count). The topological polar surface area (TPSA) is 105 Å². The number of nitrogens with two attached hydrogens (primary N) is 1. The largest absolute Gasteiger partial charge is 0.370 e. The van der Waals surface area contributed by atoms with Crippen molar-refractivity contribution in [3.8, 4) is 0 Å². The summed E-state index contributed by atoms with van der Waals surface area (Å²) in [6.07, 6.45) is 0.0132. The highest BCUT2D eigenvalue weighted by atomic mass is 35.5. The molecule has 0 aliphatic rings. The summed E-state index contributed by atoms with van der Waals surface area (Å²) in [5, 5.41) is 5.36. The molecule has 0 unspecified atom stereocenters. The van der Waals surface area contributed by atoms with E-state index in [0.717, 1.165) is 0 Å². The lowest BCUT2D eigenvalue weighted by Crippen LogP contribution is -2.38. The van der Waals surface area contributed by atoms with Gasteiger partial charge in [-0.1, -0.05) is 0 Å². The number of nitrogens with one attached hydrogen (secondary N) is 1. The van der Waals surface area contributed by atoms with Gasteiger partial charge in [0.2, 0.25) is 5.91 Å².